The van der Waals surface area contributed by atoms with E-state index in [-0.39, 0.29) is 17.2 Å². The van der Waals surface area contributed by atoms with E-state index in [9.17, 15) is 9.90 Å². The van der Waals surface area contributed by atoms with Crippen LogP contribution in [0.15, 0.2) is 53.3 Å². The lowest BCUT2D eigenvalue weighted by molar-refractivity contribution is 0.0773. The Balaban J connectivity index is 1.97. The standard InChI is InChI=1S/C19H18ClN3O3/c1-12(24)18-16(17(22-26-18)14-5-7-15(20)8-6-14)19(25)23(2)11-13-4-3-9-21-10-13/h3-10,12,24H,11H2,1-2H3/t12-/m0/s1. The van der Waals surface area contributed by atoms with Gasteiger partial charge in [-0.3, -0.25) is 9.78 Å². The molecule has 1 atom stereocenters. The topological polar surface area (TPSA) is 79.5 Å². The minimum Gasteiger partial charge on any atom is -0.385 e. The summed E-state index contributed by atoms with van der Waals surface area (Å²) >= 11 is 5.93. The van der Waals surface area contributed by atoms with Crippen LogP contribution in [0.25, 0.3) is 11.3 Å². The molecule has 0 fully saturated rings. The molecule has 0 radical (unpaired) electrons. The zero-order chi connectivity index (χ0) is 18.7. The van der Waals surface area contributed by atoms with Gasteiger partial charge in [-0.05, 0) is 30.7 Å². The first-order valence-corrected chi connectivity index (χ1v) is 8.43. The normalized spacial score (nSPS) is 12.0. The van der Waals surface area contributed by atoms with Crippen molar-refractivity contribution in [2.45, 2.75) is 19.6 Å². The van der Waals surface area contributed by atoms with Crippen LogP contribution < -0.4 is 0 Å². The number of pyridine rings is 1. The van der Waals surface area contributed by atoms with Gasteiger partial charge in [0.25, 0.3) is 5.91 Å². The summed E-state index contributed by atoms with van der Waals surface area (Å²) in [5, 5.41) is 14.6. The minimum atomic E-state index is -0.964. The van der Waals surface area contributed by atoms with Crippen molar-refractivity contribution in [2.24, 2.45) is 0 Å². The minimum absolute atomic E-state index is 0.137. The molecule has 0 unspecified atom stereocenters. The molecular formula is C19H18ClN3O3. The van der Waals surface area contributed by atoms with E-state index in [0.717, 1.165) is 5.56 Å². The fourth-order valence-electron chi connectivity index (χ4n) is 2.63. The Hall–Kier alpha value is -2.70. The van der Waals surface area contributed by atoms with Gasteiger partial charge in [0.1, 0.15) is 17.4 Å². The fourth-order valence-corrected chi connectivity index (χ4v) is 2.75. The van der Waals surface area contributed by atoms with Gasteiger partial charge in [-0.25, -0.2) is 0 Å². The lowest BCUT2D eigenvalue weighted by atomic mass is 10.0. The average molecular weight is 372 g/mol. The molecule has 26 heavy (non-hydrogen) atoms. The predicted molar refractivity (Wildman–Crippen MR) is 97.6 cm³/mol. The third-order valence-corrected chi connectivity index (χ3v) is 4.17. The summed E-state index contributed by atoms with van der Waals surface area (Å²) in [4.78, 5) is 18.7. The molecule has 3 aromatic rings. The third kappa shape index (κ3) is 3.76. The molecule has 6 nitrogen and oxygen atoms in total. The first-order chi connectivity index (χ1) is 12.5. The van der Waals surface area contributed by atoms with Crippen molar-refractivity contribution in [3.63, 3.8) is 0 Å². The van der Waals surface area contributed by atoms with Gasteiger partial charge < -0.3 is 14.5 Å². The quantitative estimate of drug-likeness (QED) is 0.739. The second-order valence-electron chi connectivity index (χ2n) is 5.98. The van der Waals surface area contributed by atoms with E-state index in [2.05, 4.69) is 10.1 Å². The Morgan fingerprint density at radius 3 is 2.65 bits per heavy atom. The van der Waals surface area contributed by atoms with Gasteiger partial charge in [0.2, 0.25) is 0 Å². The van der Waals surface area contributed by atoms with Crippen molar-refractivity contribution in [2.75, 3.05) is 7.05 Å². The highest BCUT2D eigenvalue weighted by molar-refractivity contribution is 6.30. The molecule has 0 saturated heterocycles. The third-order valence-electron chi connectivity index (χ3n) is 3.92. The number of benzene rings is 1. The summed E-state index contributed by atoms with van der Waals surface area (Å²) in [7, 11) is 1.68. The first-order valence-electron chi connectivity index (χ1n) is 8.05. The predicted octanol–water partition coefficient (Wildman–Crippen LogP) is 3.72. The Kier molecular flexibility index (Phi) is 5.35. The van der Waals surface area contributed by atoms with E-state index < -0.39 is 6.10 Å². The lowest BCUT2D eigenvalue weighted by Crippen LogP contribution is -2.27. The Bertz CT molecular complexity index is 892. The smallest absolute Gasteiger partial charge is 0.259 e. The molecule has 1 N–H and O–H groups in total. The first kappa shape index (κ1) is 18.1. The van der Waals surface area contributed by atoms with Crippen LogP contribution in [0.3, 0.4) is 0 Å². The number of nitrogens with zero attached hydrogens (tertiary/aromatic N) is 3. The molecule has 134 valence electrons. The number of hydrogen-bond acceptors (Lipinski definition) is 5. The highest BCUT2D eigenvalue weighted by Crippen LogP contribution is 2.31. The van der Waals surface area contributed by atoms with Crippen molar-refractivity contribution in [1.82, 2.24) is 15.0 Å². The maximum absolute atomic E-state index is 13.1. The van der Waals surface area contributed by atoms with Crippen LogP contribution in [-0.4, -0.2) is 33.1 Å². The number of aliphatic hydroxyl groups is 1. The Labute approximate surface area is 156 Å². The Morgan fingerprint density at radius 2 is 2.04 bits per heavy atom. The van der Waals surface area contributed by atoms with Gasteiger partial charge in [0.15, 0.2) is 5.76 Å². The summed E-state index contributed by atoms with van der Waals surface area (Å²) in [5.74, 6) is -0.158. The van der Waals surface area contributed by atoms with E-state index >= 15 is 0 Å². The molecule has 0 aliphatic heterocycles. The van der Waals surface area contributed by atoms with Crippen LogP contribution in [-0.2, 0) is 6.54 Å². The number of carbonyl (C=O) groups is 1. The molecule has 3 rings (SSSR count). The highest BCUT2D eigenvalue weighted by atomic mass is 35.5. The van der Waals surface area contributed by atoms with Crippen LogP contribution in [0.2, 0.25) is 5.02 Å². The number of carbonyl (C=O) groups excluding carboxylic acids is 1. The molecule has 1 amide bonds. The van der Waals surface area contributed by atoms with Crippen molar-refractivity contribution >= 4 is 17.5 Å². The largest absolute Gasteiger partial charge is 0.385 e. The van der Waals surface area contributed by atoms with E-state index in [0.29, 0.717) is 22.8 Å². The molecule has 0 aliphatic rings. The summed E-state index contributed by atoms with van der Waals surface area (Å²) in [6.07, 6.45) is 2.41. The van der Waals surface area contributed by atoms with Gasteiger partial charge in [-0.15, -0.1) is 0 Å². The number of halogens is 1. The van der Waals surface area contributed by atoms with Gasteiger partial charge >= 0.3 is 0 Å². The highest BCUT2D eigenvalue weighted by Gasteiger charge is 2.28. The van der Waals surface area contributed by atoms with E-state index in [1.165, 1.54) is 11.8 Å². The summed E-state index contributed by atoms with van der Waals surface area (Å²) in [5.41, 5.74) is 2.20. The van der Waals surface area contributed by atoms with E-state index in [1.54, 1.807) is 43.7 Å². The fraction of sp³-hybridized carbons (Fsp3) is 0.211. The molecule has 0 aliphatic carbocycles. The van der Waals surface area contributed by atoms with Crippen molar-refractivity contribution in [1.29, 1.82) is 0 Å². The SMILES string of the molecule is C[C@H](O)c1onc(-c2ccc(Cl)cc2)c1C(=O)N(C)Cc1cccnc1. The Morgan fingerprint density at radius 1 is 1.31 bits per heavy atom. The van der Waals surface area contributed by atoms with Crippen LogP contribution in [0.5, 0.6) is 0 Å². The van der Waals surface area contributed by atoms with Crippen LogP contribution in [0, 0.1) is 0 Å². The number of aliphatic hydroxyl groups excluding tert-OH is 1. The van der Waals surface area contributed by atoms with Crippen LogP contribution in [0.1, 0.15) is 34.7 Å². The number of amides is 1. The molecule has 0 spiro atoms. The molecule has 7 heteroatoms. The average Bonchev–Trinajstić information content (AvgIpc) is 3.07. The second-order valence-corrected chi connectivity index (χ2v) is 6.41. The number of aromatic nitrogens is 2. The summed E-state index contributed by atoms with van der Waals surface area (Å²) in [6, 6.07) is 10.6. The zero-order valence-corrected chi connectivity index (χ0v) is 15.1. The maximum atomic E-state index is 13.1. The van der Waals surface area contributed by atoms with Crippen LogP contribution in [0.4, 0.5) is 0 Å². The van der Waals surface area contributed by atoms with Crippen molar-refractivity contribution in [3.8, 4) is 11.3 Å². The van der Waals surface area contributed by atoms with Crippen molar-refractivity contribution < 1.29 is 14.4 Å². The second kappa shape index (κ2) is 7.68. The van der Waals surface area contributed by atoms with Gasteiger partial charge in [-0.1, -0.05) is 35.0 Å². The molecule has 2 heterocycles. The molecule has 1 aromatic carbocycles. The summed E-state index contributed by atoms with van der Waals surface area (Å²) in [6.45, 7) is 1.90. The van der Waals surface area contributed by atoms with Gasteiger partial charge in [0, 0.05) is 36.6 Å². The maximum Gasteiger partial charge on any atom is 0.259 e. The van der Waals surface area contributed by atoms with Gasteiger partial charge in [0.05, 0.1) is 0 Å². The van der Waals surface area contributed by atoms with E-state index in [1.807, 2.05) is 12.1 Å². The summed E-state index contributed by atoms with van der Waals surface area (Å²) < 4.78 is 5.27. The van der Waals surface area contributed by atoms with Gasteiger partial charge in [-0.2, -0.15) is 0 Å². The van der Waals surface area contributed by atoms with Crippen molar-refractivity contribution in [3.05, 3.63) is 70.7 Å². The monoisotopic (exact) mass is 371 g/mol. The number of rotatable bonds is 5. The van der Waals surface area contributed by atoms with Crippen LogP contribution >= 0.6 is 11.6 Å². The molecule has 0 bridgehead atoms. The lowest BCUT2D eigenvalue weighted by Gasteiger charge is -2.18. The molecular weight excluding hydrogens is 354 g/mol. The number of hydrogen-bond donors (Lipinski definition) is 1. The molecule has 2 aromatic heterocycles. The zero-order valence-electron chi connectivity index (χ0n) is 14.4. The van der Waals surface area contributed by atoms with E-state index in [4.69, 9.17) is 16.1 Å². The molecule has 0 saturated carbocycles.